The molecule has 0 aromatic heterocycles. The van der Waals surface area contributed by atoms with Gasteiger partial charge in [-0.3, -0.25) is 0 Å². The molecule has 0 saturated carbocycles. The van der Waals surface area contributed by atoms with Gasteiger partial charge in [0.15, 0.2) is 0 Å². The molecular weight excluding hydrogens is 329 g/mol. The summed E-state index contributed by atoms with van der Waals surface area (Å²) in [6, 6.07) is 16.7. The molecule has 0 radical (unpaired) electrons. The number of aliphatic carboxylic acids is 1. The molecule has 0 heterocycles. The minimum atomic E-state index is -2.00. The van der Waals surface area contributed by atoms with Crippen molar-refractivity contribution in [3.05, 3.63) is 71.8 Å². The van der Waals surface area contributed by atoms with Crippen LogP contribution in [0.2, 0.25) is 0 Å². The van der Waals surface area contributed by atoms with Crippen molar-refractivity contribution in [2.75, 3.05) is 0 Å². The third-order valence-corrected chi connectivity index (χ3v) is 2.69. The Kier molecular flexibility index (Phi) is 5.04. The Morgan fingerprint density at radius 3 is 1.44 bits per heavy atom. The molecule has 3 nitrogen and oxygen atoms in total. The molecule has 0 bridgehead atoms. The van der Waals surface area contributed by atoms with E-state index in [4.69, 9.17) is 0 Å². The van der Waals surface area contributed by atoms with Crippen LogP contribution in [0.3, 0.4) is 0 Å². The predicted molar refractivity (Wildman–Crippen MR) is 63.5 cm³/mol. The molecule has 0 aliphatic heterocycles. The first-order chi connectivity index (χ1) is 8.15. The quantitative estimate of drug-likeness (QED) is 0.840. The zero-order chi connectivity index (χ0) is 12.3. The standard InChI is InChI=1S/C14H12O3.Cd/c15-13(16)14(17,11-7-3-1-4-8-11)12-9-5-2-6-10-12;/h1-10,17H,(H,15,16);. The largest absolute Gasteiger partial charge is 0.479 e. The zero-order valence-corrected chi connectivity index (χ0v) is 13.8. The van der Waals surface area contributed by atoms with E-state index in [2.05, 4.69) is 0 Å². The van der Waals surface area contributed by atoms with Crippen LogP contribution in [-0.4, -0.2) is 16.2 Å². The third-order valence-electron chi connectivity index (χ3n) is 2.69. The molecule has 88 valence electrons. The second-order valence-electron chi connectivity index (χ2n) is 3.75. The van der Waals surface area contributed by atoms with Crippen molar-refractivity contribution in [1.82, 2.24) is 0 Å². The van der Waals surface area contributed by atoms with Gasteiger partial charge in [-0.1, -0.05) is 60.7 Å². The molecule has 0 spiro atoms. The van der Waals surface area contributed by atoms with Gasteiger partial charge in [0, 0.05) is 27.3 Å². The summed E-state index contributed by atoms with van der Waals surface area (Å²) in [4.78, 5) is 11.4. The summed E-state index contributed by atoms with van der Waals surface area (Å²) in [5.74, 6) is -1.28. The van der Waals surface area contributed by atoms with Crippen molar-refractivity contribution < 1.29 is 42.3 Å². The van der Waals surface area contributed by atoms with Crippen molar-refractivity contribution in [2.45, 2.75) is 5.60 Å². The molecule has 0 saturated heterocycles. The van der Waals surface area contributed by atoms with E-state index in [1.165, 1.54) is 0 Å². The fourth-order valence-corrected chi connectivity index (χ4v) is 1.77. The number of carboxylic acid groups (broad SMARTS) is 1. The molecule has 0 aliphatic carbocycles. The third kappa shape index (κ3) is 2.62. The van der Waals surface area contributed by atoms with E-state index >= 15 is 0 Å². The minimum absolute atomic E-state index is 0. The zero-order valence-electron chi connectivity index (χ0n) is 9.78. The van der Waals surface area contributed by atoms with Gasteiger partial charge < -0.3 is 10.2 Å². The second-order valence-corrected chi connectivity index (χ2v) is 3.75. The summed E-state index contributed by atoms with van der Waals surface area (Å²) in [5.41, 5.74) is -1.31. The van der Waals surface area contributed by atoms with E-state index in [1.807, 2.05) is 0 Å². The Balaban J connectivity index is 0.00000162. The van der Waals surface area contributed by atoms with Gasteiger partial charge in [0.1, 0.15) is 0 Å². The van der Waals surface area contributed by atoms with Gasteiger partial charge in [-0.05, 0) is 11.1 Å². The number of carbonyl (C=O) groups is 1. The fourth-order valence-electron chi connectivity index (χ4n) is 1.77. The first-order valence-corrected chi connectivity index (χ1v) is 5.22. The van der Waals surface area contributed by atoms with Crippen molar-refractivity contribution in [2.24, 2.45) is 0 Å². The number of rotatable bonds is 3. The van der Waals surface area contributed by atoms with Gasteiger partial charge in [-0.25, -0.2) is 4.79 Å². The summed E-state index contributed by atoms with van der Waals surface area (Å²) in [6.07, 6.45) is 0. The monoisotopic (exact) mass is 342 g/mol. The van der Waals surface area contributed by atoms with E-state index in [0.717, 1.165) is 0 Å². The summed E-state index contributed by atoms with van der Waals surface area (Å²) in [6.45, 7) is 0. The molecule has 2 aromatic rings. The van der Waals surface area contributed by atoms with Gasteiger partial charge in [0.2, 0.25) is 5.60 Å². The van der Waals surface area contributed by atoms with Gasteiger partial charge in [0.25, 0.3) is 0 Å². The Bertz CT molecular complexity index is 472. The minimum Gasteiger partial charge on any atom is -0.479 e. The first kappa shape index (κ1) is 14.9. The molecule has 2 aromatic carbocycles. The van der Waals surface area contributed by atoms with Crippen molar-refractivity contribution in [3.8, 4) is 0 Å². The number of benzene rings is 2. The van der Waals surface area contributed by atoms with Crippen molar-refractivity contribution >= 4 is 5.97 Å². The van der Waals surface area contributed by atoms with Crippen molar-refractivity contribution in [3.63, 3.8) is 0 Å². The Labute approximate surface area is 125 Å². The Hall–Kier alpha value is -1.21. The van der Waals surface area contributed by atoms with E-state index in [1.54, 1.807) is 60.7 Å². The second kappa shape index (κ2) is 6.10. The Morgan fingerprint density at radius 2 is 1.17 bits per heavy atom. The van der Waals surface area contributed by atoms with Crippen LogP contribution in [0.1, 0.15) is 11.1 Å². The maximum atomic E-state index is 11.4. The van der Waals surface area contributed by atoms with Crippen LogP contribution in [0.4, 0.5) is 0 Å². The van der Waals surface area contributed by atoms with E-state index in [-0.39, 0.29) is 27.3 Å². The topological polar surface area (TPSA) is 57.5 Å². The predicted octanol–water partition coefficient (Wildman–Crippen LogP) is 2.00. The molecule has 0 aliphatic rings. The number of aliphatic hydroxyl groups is 1. The fraction of sp³-hybridized carbons (Fsp3) is 0.0714. The van der Waals surface area contributed by atoms with Gasteiger partial charge in [0.05, 0.1) is 0 Å². The van der Waals surface area contributed by atoms with Crippen LogP contribution in [0.25, 0.3) is 0 Å². The molecule has 0 unspecified atom stereocenters. The van der Waals surface area contributed by atoms with Crippen LogP contribution in [0.5, 0.6) is 0 Å². The van der Waals surface area contributed by atoms with E-state index in [9.17, 15) is 15.0 Å². The molecular formula is C14H12CdO3. The van der Waals surface area contributed by atoms with Crippen LogP contribution in [-0.2, 0) is 37.7 Å². The van der Waals surface area contributed by atoms with Crippen LogP contribution in [0, 0.1) is 0 Å². The molecule has 2 N–H and O–H groups in total. The number of carboxylic acids is 1. The van der Waals surface area contributed by atoms with E-state index in [0.29, 0.717) is 11.1 Å². The van der Waals surface area contributed by atoms with Gasteiger partial charge in [-0.2, -0.15) is 0 Å². The van der Waals surface area contributed by atoms with Crippen molar-refractivity contribution in [1.29, 1.82) is 0 Å². The Morgan fingerprint density at radius 1 is 0.833 bits per heavy atom. The van der Waals surface area contributed by atoms with E-state index < -0.39 is 11.6 Å². The summed E-state index contributed by atoms with van der Waals surface area (Å²) in [5, 5.41) is 19.7. The van der Waals surface area contributed by atoms with Crippen LogP contribution >= 0.6 is 0 Å². The van der Waals surface area contributed by atoms with Crippen LogP contribution < -0.4 is 0 Å². The molecule has 0 fully saturated rings. The summed E-state index contributed by atoms with van der Waals surface area (Å²) in [7, 11) is 0. The first-order valence-electron chi connectivity index (χ1n) is 5.22. The van der Waals surface area contributed by atoms with Gasteiger partial charge in [-0.15, -0.1) is 0 Å². The molecule has 18 heavy (non-hydrogen) atoms. The maximum absolute atomic E-state index is 11.4. The SMILES string of the molecule is O=C(O)C(O)(c1ccccc1)c1ccccc1.[Cd]. The summed E-state index contributed by atoms with van der Waals surface area (Å²) >= 11 is 0. The molecule has 4 heteroatoms. The van der Waals surface area contributed by atoms with Gasteiger partial charge >= 0.3 is 5.97 Å². The average molecular weight is 341 g/mol. The normalized spacial score (nSPS) is 10.5. The molecule has 0 amide bonds. The summed E-state index contributed by atoms with van der Waals surface area (Å²) < 4.78 is 0. The average Bonchev–Trinajstić information content (AvgIpc) is 2.39. The smallest absolute Gasteiger partial charge is 0.345 e. The maximum Gasteiger partial charge on any atom is 0.345 e. The number of hydrogen-bond donors (Lipinski definition) is 2. The molecule has 0 atom stereocenters. The number of hydrogen-bond acceptors (Lipinski definition) is 2. The van der Waals surface area contributed by atoms with Crippen LogP contribution in [0.15, 0.2) is 60.7 Å². The molecule has 2 rings (SSSR count).